The molecule has 0 unspecified atom stereocenters. The van der Waals surface area contributed by atoms with Gasteiger partial charge in [0.1, 0.15) is 11.1 Å². The van der Waals surface area contributed by atoms with Gasteiger partial charge in [0, 0.05) is 18.0 Å². The van der Waals surface area contributed by atoms with Gasteiger partial charge in [0.05, 0.1) is 11.5 Å². The summed E-state index contributed by atoms with van der Waals surface area (Å²) in [5.41, 5.74) is 0.441. The van der Waals surface area contributed by atoms with Gasteiger partial charge in [0.15, 0.2) is 5.78 Å². The third-order valence-corrected chi connectivity index (χ3v) is 3.16. The van der Waals surface area contributed by atoms with Crippen LogP contribution in [0.3, 0.4) is 0 Å². The van der Waals surface area contributed by atoms with Gasteiger partial charge in [-0.15, -0.1) is 0 Å². The van der Waals surface area contributed by atoms with Gasteiger partial charge < -0.3 is 4.74 Å². The fraction of sp³-hybridized carbons (Fsp3) is 0.182. The van der Waals surface area contributed by atoms with Gasteiger partial charge >= 0.3 is 5.97 Å². The van der Waals surface area contributed by atoms with E-state index < -0.39 is 12.1 Å². The van der Waals surface area contributed by atoms with Crippen molar-refractivity contribution in [3.8, 4) is 0 Å². The fourth-order valence-corrected chi connectivity index (χ4v) is 1.78. The monoisotopic (exact) mass is 271 g/mol. The Morgan fingerprint density at radius 1 is 1.47 bits per heavy atom. The van der Waals surface area contributed by atoms with Crippen LogP contribution in [-0.2, 0) is 9.53 Å². The number of carbonyl (C=O) groups excluding carboxylic acids is 2. The summed E-state index contributed by atoms with van der Waals surface area (Å²) in [7, 11) is 0. The highest BCUT2D eigenvalue weighted by Crippen LogP contribution is 2.31. The SMILES string of the molecule is O=C1O[C@@H](CC(=O)c2cccnc2)C(Cl)=C1Cl. The lowest BCUT2D eigenvalue weighted by Crippen LogP contribution is -2.15. The number of hydrogen-bond donors (Lipinski definition) is 0. The molecule has 0 radical (unpaired) electrons. The van der Waals surface area contributed by atoms with E-state index in [0.717, 1.165) is 0 Å². The number of aromatic nitrogens is 1. The molecule has 1 aromatic rings. The van der Waals surface area contributed by atoms with Crippen molar-refractivity contribution < 1.29 is 14.3 Å². The average molecular weight is 272 g/mol. The van der Waals surface area contributed by atoms with Crippen LogP contribution in [0.2, 0.25) is 0 Å². The van der Waals surface area contributed by atoms with Crippen molar-refractivity contribution >= 4 is 35.0 Å². The molecule has 1 atom stereocenters. The minimum Gasteiger partial charge on any atom is -0.452 e. The largest absolute Gasteiger partial charge is 0.452 e. The summed E-state index contributed by atoms with van der Waals surface area (Å²) in [5, 5.41) is -0.0791. The molecule has 0 saturated heterocycles. The Hall–Kier alpha value is -1.39. The molecule has 88 valence electrons. The number of carbonyl (C=O) groups is 2. The molecule has 0 amide bonds. The molecule has 4 nitrogen and oxygen atoms in total. The predicted octanol–water partition coefficient (Wildman–Crippen LogP) is 2.27. The first-order valence-electron chi connectivity index (χ1n) is 4.79. The Balaban J connectivity index is 2.09. The zero-order valence-corrected chi connectivity index (χ0v) is 10.0. The number of halogens is 2. The molecule has 0 spiro atoms. The van der Waals surface area contributed by atoms with Crippen molar-refractivity contribution in [1.82, 2.24) is 4.98 Å². The second-order valence-corrected chi connectivity index (χ2v) is 4.21. The predicted molar refractivity (Wildman–Crippen MR) is 61.8 cm³/mol. The Morgan fingerprint density at radius 3 is 2.76 bits per heavy atom. The van der Waals surface area contributed by atoms with Crippen LogP contribution in [-0.4, -0.2) is 22.8 Å². The van der Waals surface area contributed by atoms with Gasteiger partial charge in [-0.1, -0.05) is 23.2 Å². The van der Waals surface area contributed by atoms with Gasteiger partial charge in [-0.25, -0.2) is 4.79 Å². The van der Waals surface area contributed by atoms with Crippen LogP contribution >= 0.6 is 23.2 Å². The number of Topliss-reactive ketones (excluding diaryl/α,β-unsaturated/α-hetero) is 1. The van der Waals surface area contributed by atoms with Crippen molar-refractivity contribution in [2.45, 2.75) is 12.5 Å². The third kappa shape index (κ3) is 2.48. The normalized spacial score (nSPS) is 19.4. The number of nitrogens with zero attached hydrogens (tertiary/aromatic N) is 1. The minimum absolute atomic E-state index is 0.0352. The lowest BCUT2D eigenvalue weighted by Gasteiger charge is -2.08. The molecule has 1 aromatic heterocycles. The third-order valence-electron chi connectivity index (χ3n) is 2.28. The summed E-state index contributed by atoms with van der Waals surface area (Å²) in [5.74, 6) is -0.902. The zero-order chi connectivity index (χ0) is 12.4. The number of esters is 1. The van der Waals surface area contributed by atoms with E-state index >= 15 is 0 Å². The maximum Gasteiger partial charge on any atom is 0.351 e. The lowest BCUT2D eigenvalue weighted by atomic mass is 10.1. The molecule has 0 N–H and O–H groups in total. The Bertz CT molecular complexity index is 499. The van der Waals surface area contributed by atoms with E-state index in [2.05, 4.69) is 4.98 Å². The van der Waals surface area contributed by atoms with Gasteiger partial charge in [0.25, 0.3) is 0 Å². The number of ketones is 1. The second kappa shape index (κ2) is 4.85. The molecule has 0 saturated carbocycles. The summed E-state index contributed by atoms with van der Waals surface area (Å²) < 4.78 is 4.86. The van der Waals surface area contributed by atoms with E-state index in [1.807, 2.05) is 0 Å². The quantitative estimate of drug-likeness (QED) is 0.625. The van der Waals surface area contributed by atoms with E-state index in [0.29, 0.717) is 5.56 Å². The van der Waals surface area contributed by atoms with Crippen molar-refractivity contribution in [3.63, 3.8) is 0 Å². The van der Waals surface area contributed by atoms with Crippen LogP contribution in [0.15, 0.2) is 34.6 Å². The number of rotatable bonds is 3. The van der Waals surface area contributed by atoms with Crippen LogP contribution in [0.25, 0.3) is 0 Å². The molecular weight excluding hydrogens is 265 g/mol. The van der Waals surface area contributed by atoms with Crippen molar-refractivity contribution in [2.24, 2.45) is 0 Å². The first kappa shape index (κ1) is 12.1. The lowest BCUT2D eigenvalue weighted by molar-refractivity contribution is -0.138. The first-order valence-corrected chi connectivity index (χ1v) is 5.54. The summed E-state index contributed by atoms with van der Waals surface area (Å²) in [6.45, 7) is 0. The Kier molecular flexibility index (Phi) is 3.45. The highest BCUT2D eigenvalue weighted by atomic mass is 35.5. The molecule has 1 aliphatic rings. The van der Waals surface area contributed by atoms with E-state index in [-0.39, 0.29) is 22.3 Å². The van der Waals surface area contributed by atoms with Crippen LogP contribution in [0.5, 0.6) is 0 Å². The van der Waals surface area contributed by atoms with Crippen molar-refractivity contribution in [2.75, 3.05) is 0 Å². The zero-order valence-electron chi connectivity index (χ0n) is 8.52. The average Bonchev–Trinajstić information content (AvgIpc) is 2.58. The second-order valence-electron chi connectivity index (χ2n) is 3.42. The minimum atomic E-state index is -0.788. The van der Waals surface area contributed by atoms with E-state index in [1.165, 1.54) is 6.20 Å². The van der Waals surface area contributed by atoms with Crippen LogP contribution in [0, 0.1) is 0 Å². The topological polar surface area (TPSA) is 56.3 Å². The van der Waals surface area contributed by atoms with Crippen LogP contribution in [0.1, 0.15) is 16.8 Å². The molecule has 0 aromatic carbocycles. The Morgan fingerprint density at radius 2 is 2.24 bits per heavy atom. The van der Waals surface area contributed by atoms with E-state index in [1.54, 1.807) is 18.3 Å². The Labute approximate surface area is 107 Å². The number of hydrogen-bond acceptors (Lipinski definition) is 4. The highest BCUT2D eigenvalue weighted by molar-refractivity contribution is 6.48. The summed E-state index contributed by atoms with van der Waals surface area (Å²) >= 11 is 11.4. The summed E-state index contributed by atoms with van der Waals surface area (Å²) in [6, 6.07) is 3.28. The van der Waals surface area contributed by atoms with E-state index in [4.69, 9.17) is 27.9 Å². The maximum atomic E-state index is 11.8. The molecule has 1 aliphatic heterocycles. The molecule has 0 fully saturated rings. The highest BCUT2D eigenvalue weighted by Gasteiger charge is 2.33. The molecule has 0 aliphatic carbocycles. The van der Waals surface area contributed by atoms with Crippen molar-refractivity contribution in [3.05, 3.63) is 40.2 Å². The standard InChI is InChI=1S/C11H7Cl2NO3/c12-9-8(17-11(16)10(9)13)4-7(15)6-2-1-3-14-5-6/h1-3,5,8H,4H2/t8-/m0/s1. The maximum absolute atomic E-state index is 11.8. The summed E-state index contributed by atoms with van der Waals surface area (Å²) in [6.07, 6.45) is 2.19. The van der Waals surface area contributed by atoms with Gasteiger partial charge in [-0.05, 0) is 12.1 Å². The van der Waals surface area contributed by atoms with Gasteiger partial charge in [0.2, 0.25) is 0 Å². The van der Waals surface area contributed by atoms with Crippen LogP contribution < -0.4 is 0 Å². The van der Waals surface area contributed by atoms with Gasteiger partial charge in [-0.2, -0.15) is 0 Å². The number of pyridine rings is 1. The molecule has 2 rings (SSSR count). The smallest absolute Gasteiger partial charge is 0.351 e. The van der Waals surface area contributed by atoms with Crippen molar-refractivity contribution in [1.29, 1.82) is 0 Å². The summed E-state index contributed by atoms with van der Waals surface area (Å²) in [4.78, 5) is 26.7. The molecule has 6 heteroatoms. The molecule has 2 heterocycles. The van der Waals surface area contributed by atoms with E-state index in [9.17, 15) is 9.59 Å². The number of cyclic esters (lactones) is 1. The fourth-order valence-electron chi connectivity index (χ4n) is 1.42. The van der Waals surface area contributed by atoms with Crippen LogP contribution in [0.4, 0.5) is 0 Å². The van der Waals surface area contributed by atoms with Gasteiger partial charge in [-0.3, -0.25) is 9.78 Å². The first-order chi connectivity index (χ1) is 8.09. The number of ether oxygens (including phenoxy) is 1. The molecular formula is C11H7Cl2NO3. The molecule has 17 heavy (non-hydrogen) atoms. The molecule has 0 bridgehead atoms.